The molecule has 1 saturated heterocycles. The van der Waals surface area contributed by atoms with Gasteiger partial charge in [-0.15, -0.1) is 0 Å². The standard InChI is InChI=1S/C16H32N2/c1-12(2)15-8-9-18(11-15)16(10-17)14-6-4-13(3)5-7-14/h12-16H,4-11,17H2,1-3H3. The van der Waals surface area contributed by atoms with Gasteiger partial charge in [0.2, 0.25) is 0 Å². The van der Waals surface area contributed by atoms with E-state index in [0.717, 1.165) is 30.2 Å². The maximum Gasteiger partial charge on any atom is 0.0246 e. The number of nitrogens with two attached hydrogens (primary N) is 1. The minimum absolute atomic E-state index is 0.668. The van der Waals surface area contributed by atoms with Crippen molar-refractivity contribution in [2.45, 2.75) is 58.9 Å². The van der Waals surface area contributed by atoms with E-state index >= 15 is 0 Å². The van der Waals surface area contributed by atoms with Gasteiger partial charge in [0.1, 0.15) is 0 Å². The van der Waals surface area contributed by atoms with Gasteiger partial charge in [-0.1, -0.05) is 33.6 Å². The van der Waals surface area contributed by atoms with E-state index < -0.39 is 0 Å². The summed E-state index contributed by atoms with van der Waals surface area (Å²) in [5, 5.41) is 0. The normalized spacial score (nSPS) is 36.2. The summed E-state index contributed by atoms with van der Waals surface area (Å²) in [5.41, 5.74) is 6.10. The Hall–Kier alpha value is -0.0800. The molecule has 1 heterocycles. The summed E-state index contributed by atoms with van der Waals surface area (Å²) in [7, 11) is 0. The Kier molecular flexibility index (Phi) is 5.08. The lowest BCUT2D eigenvalue weighted by Crippen LogP contribution is -2.45. The second-order valence-corrected chi connectivity index (χ2v) is 7.11. The fourth-order valence-electron chi connectivity index (χ4n) is 3.97. The third kappa shape index (κ3) is 3.27. The molecule has 18 heavy (non-hydrogen) atoms. The fraction of sp³-hybridized carbons (Fsp3) is 1.00. The van der Waals surface area contributed by atoms with E-state index in [1.165, 1.54) is 45.2 Å². The lowest BCUT2D eigenvalue weighted by atomic mass is 9.79. The van der Waals surface area contributed by atoms with Crippen molar-refractivity contribution in [2.24, 2.45) is 29.4 Å². The van der Waals surface area contributed by atoms with Gasteiger partial charge in [0.15, 0.2) is 0 Å². The van der Waals surface area contributed by atoms with Crippen molar-refractivity contribution < 1.29 is 0 Å². The summed E-state index contributed by atoms with van der Waals surface area (Å²) in [6, 6.07) is 0.668. The van der Waals surface area contributed by atoms with Gasteiger partial charge in [0, 0.05) is 19.1 Å². The van der Waals surface area contributed by atoms with Gasteiger partial charge in [0.25, 0.3) is 0 Å². The Balaban J connectivity index is 1.89. The summed E-state index contributed by atoms with van der Waals surface area (Å²) in [4.78, 5) is 2.71. The first-order chi connectivity index (χ1) is 8.61. The van der Waals surface area contributed by atoms with E-state index in [4.69, 9.17) is 5.73 Å². The zero-order valence-electron chi connectivity index (χ0n) is 12.6. The van der Waals surface area contributed by atoms with Crippen LogP contribution in [0.1, 0.15) is 52.9 Å². The molecule has 2 atom stereocenters. The predicted octanol–water partition coefficient (Wildman–Crippen LogP) is 3.12. The molecule has 0 amide bonds. The van der Waals surface area contributed by atoms with Crippen LogP contribution >= 0.6 is 0 Å². The van der Waals surface area contributed by atoms with Crippen molar-refractivity contribution in [2.75, 3.05) is 19.6 Å². The van der Waals surface area contributed by atoms with Crippen LogP contribution in [0.4, 0.5) is 0 Å². The smallest absolute Gasteiger partial charge is 0.0246 e. The van der Waals surface area contributed by atoms with Gasteiger partial charge < -0.3 is 5.73 Å². The van der Waals surface area contributed by atoms with E-state index in [2.05, 4.69) is 25.7 Å². The third-order valence-corrected chi connectivity index (χ3v) is 5.51. The van der Waals surface area contributed by atoms with Crippen molar-refractivity contribution in [3.05, 3.63) is 0 Å². The quantitative estimate of drug-likeness (QED) is 0.833. The SMILES string of the molecule is CC1CCC(C(CN)N2CCC(C(C)C)C2)CC1. The average molecular weight is 252 g/mol. The van der Waals surface area contributed by atoms with E-state index in [0.29, 0.717) is 6.04 Å². The van der Waals surface area contributed by atoms with Gasteiger partial charge in [-0.2, -0.15) is 0 Å². The molecule has 2 N–H and O–H groups in total. The molecule has 2 rings (SSSR count). The molecule has 2 unspecified atom stereocenters. The van der Waals surface area contributed by atoms with Crippen LogP contribution in [-0.4, -0.2) is 30.6 Å². The Labute approximate surface area is 113 Å². The van der Waals surface area contributed by atoms with Crippen LogP contribution in [0.5, 0.6) is 0 Å². The molecule has 2 heteroatoms. The largest absolute Gasteiger partial charge is 0.329 e. The molecular formula is C16H32N2. The highest BCUT2D eigenvalue weighted by molar-refractivity contribution is 4.88. The maximum absolute atomic E-state index is 6.10. The molecule has 0 radical (unpaired) electrons. The minimum atomic E-state index is 0.668. The van der Waals surface area contributed by atoms with E-state index in [1.54, 1.807) is 0 Å². The zero-order valence-corrected chi connectivity index (χ0v) is 12.6. The molecule has 0 bridgehead atoms. The lowest BCUT2D eigenvalue weighted by molar-refractivity contribution is 0.128. The molecular weight excluding hydrogens is 220 g/mol. The van der Waals surface area contributed by atoms with Gasteiger partial charge in [-0.3, -0.25) is 4.90 Å². The monoisotopic (exact) mass is 252 g/mol. The van der Waals surface area contributed by atoms with Crippen LogP contribution in [0.2, 0.25) is 0 Å². The summed E-state index contributed by atoms with van der Waals surface area (Å²) in [6.45, 7) is 10.6. The second kappa shape index (κ2) is 6.38. The van der Waals surface area contributed by atoms with Gasteiger partial charge in [-0.05, 0) is 49.5 Å². The Bertz CT molecular complexity index is 243. The molecule has 0 aromatic heterocycles. The first-order valence-electron chi connectivity index (χ1n) is 8.06. The number of rotatable bonds is 4. The van der Waals surface area contributed by atoms with Crippen molar-refractivity contribution in [3.8, 4) is 0 Å². The van der Waals surface area contributed by atoms with Gasteiger partial charge >= 0.3 is 0 Å². The molecule has 0 spiro atoms. The van der Waals surface area contributed by atoms with Crippen molar-refractivity contribution >= 4 is 0 Å². The molecule has 1 aliphatic heterocycles. The number of nitrogens with zero attached hydrogens (tertiary/aromatic N) is 1. The first kappa shape index (κ1) is 14.3. The molecule has 106 valence electrons. The minimum Gasteiger partial charge on any atom is -0.329 e. The summed E-state index contributed by atoms with van der Waals surface area (Å²) >= 11 is 0. The first-order valence-corrected chi connectivity index (χ1v) is 8.06. The topological polar surface area (TPSA) is 29.3 Å². The maximum atomic E-state index is 6.10. The van der Waals surface area contributed by atoms with Crippen LogP contribution in [0, 0.1) is 23.7 Å². The third-order valence-electron chi connectivity index (χ3n) is 5.51. The average Bonchev–Trinajstić information content (AvgIpc) is 2.82. The van der Waals surface area contributed by atoms with E-state index in [-0.39, 0.29) is 0 Å². The van der Waals surface area contributed by atoms with Crippen molar-refractivity contribution in [1.82, 2.24) is 4.90 Å². The molecule has 0 aromatic carbocycles. The summed E-state index contributed by atoms with van der Waals surface area (Å²) in [6.07, 6.45) is 7.04. The van der Waals surface area contributed by atoms with Gasteiger partial charge in [0.05, 0.1) is 0 Å². The van der Waals surface area contributed by atoms with Crippen molar-refractivity contribution in [3.63, 3.8) is 0 Å². The molecule has 0 aromatic rings. The Morgan fingerprint density at radius 2 is 1.72 bits per heavy atom. The highest BCUT2D eigenvalue weighted by atomic mass is 15.2. The molecule has 2 fully saturated rings. The fourth-order valence-corrected chi connectivity index (χ4v) is 3.97. The predicted molar refractivity (Wildman–Crippen MR) is 78.5 cm³/mol. The van der Waals surface area contributed by atoms with Crippen LogP contribution < -0.4 is 5.73 Å². The van der Waals surface area contributed by atoms with Gasteiger partial charge in [-0.25, -0.2) is 0 Å². The number of likely N-dealkylation sites (tertiary alicyclic amines) is 1. The molecule has 2 nitrogen and oxygen atoms in total. The van der Waals surface area contributed by atoms with Crippen molar-refractivity contribution in [1.29, 1.82) is 0 Å². The van der Waals surface area contributed by atoms with Crippen LogP contribution in [0.3, 0.4) is 0 Å². The summed E-state index contributed by atoms with van der Waals surface area (Å²) < 4.78 is 0. The molecule has 1 aliphatic carbocycles. The molecule has 2 aliphatic rings. The Morgan fingerprint density at radius 1 is 1.06 bits per heavy atom. The second-order valence-electron chi connectivity index (χ2n) is 7.11. The zero-order chi connectivity index (χ0) is 13.1. The number of hydrogen-bond donors (Lipinski definition) is 1. The van der Waals surface area contributed by atoms with Crippen LogP contribution in [0.15, 0.2) is 0 Å². The highest BCUT2D eigenvalue weighted by Crippen LogP contribution is 2.34. The number of hydrogen-bond acceptors (Lipinski definition) is 2. The lowest BCUT2D eigenvalue weighted by Gasteiger charge is -2.37. The van der Waals surface area contributed by atoms with E-state index in [1.807, 2.05) is 0 Å². The van der Waals surface area contributed by atoms with Crippen LogP contribution in [-0.2, 0) is 0 Å². The highest BCUT2D eigenvalue weighted by Gasteiger charge is 2.34. The van der Waals surface area contributed by atoms with E-state index in [9.17, 15) is 0 Å². The summed E-state index contributed by atoms with van der Waals surface area (Å²) in [5.74, 6) is 3.56. The van der Waals surface area contributed by atoms with Crippen LogP contribution in [0.25, 0.3) is 0 Å². The molecule has 1 saturated carbocycles. The Morgan fingerprint density at radius 3 is 2.22 bits per heavy atom.